The largest absolute Gasteiger partial charge is 0.409 e. The number of imidazole rings is 1. The van der Waals surface area contributed by atoms with E-state index in [0.29, 0.717) is 12.2 Å². The van der Waals surface area contributed by atoms with Crippen molar-refractivity contribution < 1.29 is 13.2 Å². The van der Waals surface area contributed by atoms with Crippen LogP contribution in [0.2, 0.25) is 0 Å². The Morgan fingerprint density at radius 2 is 2.20 bits per heavy atom. The molecule has 0 fully saturated rings. The molecule has 1 aromatic rings. The van der Waals surface area contributed by atoms with Crippen molar-refractivity contribution in [1.29, 1.82) is 0 Å². The van der Waals surface area contributed by atoms with Crippen LogP contribution in [0, 0.1) is 0 Å². The van der Waals surface area contributed by atoms with Crippen LogP contribution in [0.3, 0.4) is 0 Å². The van der Waals surface area contributed by atoms with Crippen LogP contribution < -0.4 is 5.73 Å². The maximum absolute atomic E-state index is 12.7. The summed E-state index contributed by atoms with van der Waals surface area (Å²) >= 11 is 0. The van der Waals surface area contributed by atoms with E-state index in [9.17, 15) is 13.2 Å². The average molecular weight is 221 g/mol. The van der Waals surface area contributed by atoms with E-state index < -0.39 is 12.2 Å². The summed E-state index contributed by atoms with van der Waals surface area (Å²) in [5.41, 5.74) is 5.19. The van der Waals surface area contributed by atoms with Crippen LogP contribution in [-0.2, 0) is 6.42 Å². The van der Waals surface area contributed by atoms with Crippen LogP contribution in [0.25, 0.3) is 0 Å². The Hall–Kier alpha value is -1.04. The lowest BCUT2D eigenvalue weighted by Gasteiger charge is -2.22. The topological polar surface area (TPSA) is 43.8 Å². The number of alkyl halides is 3. The smallest absolute Gasteiger partial charge is 0.330 e. The molecule has 1 aromatic heterocycles. The molecule has 1 heterocycles. The molecule has 0 aliphatic rings. The van der Waals surface area contributed by atoms with Gasteiger partial charge >= 0.3 is 6.18 Å². The number of rotatable bonds is 4. The summed E-state index contributed by atoms with van der Waals surface area (Å²) in [4.78, 5) is 3.87. The molecule has 0 aromatic carbocycles. The first-order valence-corrected chi connectivity index (χ1v) is 4.79. The van der Waals surface area contributed by atoms with Crippen molar-refractivity contribution in [3.8, 4) is 0 Å². The standard InChI is InChI=1S/C9H14F3N3/c1-2-8-14-5-6-15(8)7(3-4-13)9(10,11)12/h5-7H,2-4,13H2,1H3. The van der Waals surface area contributed by atoms with E-state index in [1.54, 1.807) is 6.92 Å². The lowest BCUT2D eigenvalue weighted by Crippen LogP contribution is -2.29. The molecular formula is C9H14F3N3. The van der Waals surface area contributed by atoms with Crippen LogP contribution in [-0.4, -0.2) is 22.3 Å². The third-order valence-corrected chi connectivity index (χ3v) is 2.22. The van der Waals surface area contributed by atoms with E-state index in [4.69, 9.17) is 5.73 Å². The molecule has 0 spiro atoms. The fourth-order valence-electron chi connectivity index (χ4n) is 1.52. The van der Waals surface area contributed by atoms with Gasteiger partial charge in [0.25, 0.3) is 0 Å². The van der Waals surface area contributed by atoms with Gasteiger partial charge in [-0.05, 0) is 13.0 Å². The zero-order chi connectivity index (χ0) is 11.5. The van der Waals surface area contributed by atoms with E-state index in [1.165, 1.54) is 12.4 Å². The Morgan fingerprint density at radius 3 is 2.67 bits per heavy atom. The van der Waals surface area contributed by atoms with E-state index >= 15 is 0 Å². The van der Waals surface area contributed by atoms with Gasteiger partial charge in [0.1, 0.15) is 11.9 Å². The van der Waals surface area contributed by atoms with Crippen molar-refractivity contribution in [2.24, 2.45) is 5.73 Å². The van der Waals surface area contributed by atoms with Gasteiger partial charge in [-0.2, -0.15) is 13.2 Å². The van der Waals surface area contributed by atoms with Gasteiger partial charge in [0.15, 0.2) is 0 Å². The van der Waals surface area contributed by atoms with Gasteiger partial charge in [0.05, 0.1) is 0 Å². The van der Waals surface area contributed by atoms with Crippen molar-refractivity contribution in [3.63, 3.8) is 0 Å². The molecule has 6 heteroatoms. The minimum absolute atomic E-state index is 0.00547. The highest BCUT2D eigenvalue weighted by atomic mass is 19.4. The summed E-state index contributed by atoms with van der Waals surface area (Å²) in [5, 5.41) is 0. The SMILES string of the molecule is CCc1nccn1C(CCN)C(F)(F)F. The third kappa shape index (κ3) is 2.71. The molecule has 0 saturated heterocycles. The lowest BCUT2D eigenvalue weighted by atomic mass is 10.2. The summed E-state index contributed by atoms with van der Waals surface area (Å²) < 4.78 is 39.2. The highest BCUT2D eigenvalue weighted by molar-refractivity contribution is 4.96. The predicted octanol–water partition coefficient (Wildman–Crippen LogP) is 1.90. The molecular weight excluding hydrogens is 207 g/mol. The van der Waals surface area contributed by atoms with E-state index in [-0.39, 0.29) is 13.0 Å². The lowest BCUT2D eigenvalue weighted by molar-refractivity contribution is -0.169. The van der Waals surface area contributed by atoms with Crippen molar-refractivity contribution in [3.05, 3.63) is 18.2 Å². The van der Waals surface area contributed by atoms with Gasteiger partial charge in [-0.3, -0.25) is 0 Å². The summed E-state index contributed by atoms with van der Waals surface area (Å²) in [6, 6.07) is -1.56. The number of nitrogens with zero attached hydrogens (tertiary/aromatic N) is 2. The molecule has 2 N–H and O–H groups in total. The average Bonchev–Trinajstić information content (AvgIpc) is 2.59. The molecule has 0 amide bonds. The normalized spacial score (nSPS) is 14.2. The van der Waals surface area contributed by atoms with Gasteiger partial charge in [-0.1, -0.05) is 6.92 Å². The van der Waals surface area contributed by atoms with Gasteiger partial charge in [0.2, 0.25) is 0 Å². The molecule has 0 aliphatic heterocycles. The molecule has 15 heavy (non-hydrogen) atoms. The highest BCUT2D eigenvalue weighted by Crippen LogP contribution is 2.33. The molecule has 1 atom stereocenters. The molecule has 1 rings (SSSR count). The second-order valence-corrected chi connectivity index (χ2v) is 3.24. The minimum Gasteiger partial charge on any atom is -0.330 e. The monoisotopic (exact) mass is 221 g/mol. The summed E-state index contributed by atoms with van der Waals surface area (Å²) in [5.74, 6) is 0.436. The number of hydrogen-bond donors (Lipinski definition) is 1. The maximum atomic E-state index is 12.7. The Morgan fingerprint density at radius 1 is 1.53 bits per heavy atom. The minimum atomic E-state index is -4.27. The quantitative estimate of drug-likeness (QED) is 0.843. The second kappa shape index (κ2) is 4.65. The molecule has 0 saturated carbocycles. The first-order valence-electron chi connectivity index (χ1n) is 4.79. The Kier molecular flexibility index (Phi) is 3.73. The van der Waals surface area contributed by atoms with Crippen LogP contribution in [0.5, 0.6) is 0 Å². The number of halogens is 3. The van der Waals surface area contributed by atoms with Crippen LogP contribution >= 0.6 is 0 Å². The van der Waals surface area contributed by atoms with Crippen LogP contribution in [0.4, 0.5) is 13.2 Å². The third-order valence-electron chi connectivity index (χ3n) is 2.22. The molecule has 0 radical (unpaired) electrons. The van der Waals surface area contributed by atoms with Crippen LogP contribution in [0.15, 0.2) is 12.4 Å². The number of aromatic nitrogens is 2. The van der Waals surface area contributed by atoms with Gasteiger partial charge in [-0.15, -0.1) is 0 Å². The molecule has 86 valence electrons. The van der Waals surface area contributed by atoms with E-state index in [0.717, 1.165) is 4.57 Å². The fourth-order valence-corrected chi connectivity index (χ4v) is 1.52. The predicted molar refractivity (Wildman–Crippen MR) is 50.4 cm³/mol. The maximum Gasteiger partial charge on any atom is 0.409 e. The summed E-state index contributed by atoms with van der Waals surface area (Å²) in [6.07, 6.45) is -1.18. The number of nitrogens with two attached hydrogens (primary N) is 1. The van der Waals surface area contributed by atoms with Crippen molar-refractivity contribution in [2.75, 3.05) is 6.54 Å². The summed E-state index contributed by atoms with van der Waals surface area (Å²) in [6.45, 7) is 1.78. The fraction of sp³-hybridized carbons (Fsp3) is 0.667. The Labute approximate surface area is 86.1 Å². The zero-order valence-corrected chi connectivity index (χ0v) is 8.46. The molecule has 3 nitrogen and oxygen atoms in total. The zero-order valence-electron chi connectivity index (χ0n) is 8.46. The van der Waals surface area contributed by atoms with Crippen molar-refractivity contribution >= 4 is 0 Å². The molecule has 0 bridgehead atoms. The van der Waals surface area contributed by atoms with E-state index in [1.807, 2.05) is 0 Å². The van der Waals surface area contributed by atoms with Gasteiger partial charge < -0.3 is 10.3 Å². The van der Waals surface area contributed by atoms with Gasteiger partial charge in [-0.25, -0.2) is 4.98 Å². The Bertz CT molecular complexity index is 306. The van der Waals surface area contributed by atoms with Crippen molar-refractivity contribution in [2.45, 2.75) is 32.0 Å². The highest BCUT2D eigenvalue weighted by Gasteiger charge is 2.40. The number of hydrogen-bond acceptors (Lipinski definition) is 2. The molecule has 1 unspecified atom stereocenters. The first-order chi connectivity index (χ1) is 7.00. The number of aryl methyl sites for hydroxylation is 1. The first kappa shape index (κ1) is 12.0. The summed E-state index contributed by atoms with van der Waals surface area (Å²) in [7, 11) is 0. The van der Waals surface area contributed by atoms with Gasteiger partial charge in [0, 0.05) is 18.8 Å². The van der Waals surface area contributed by atoms with Crippen molar-refractivity contribution in [1.82, 2.24) is 9.55 Å². The molecule has 0 aliphatic carbocycles. The van der Waals surface area contributed by atoms with E-state index in [2.05, 4.69) is 4.98 Å². The second-order valence-electron chi connectivity index (χ2n) is 3.24. The van der Waals surface area contributed by atoms with Crippen LogP contribution in [0.1, 0.15) is 25.2 Å². The Balaban J connectivity index is 2.99.